The quantitative estimate of drug-likeness (QED) is 0.762. The molecule has 2 aliphatic heterocycles. The molecule has 3 rings (SSSR count). The number of nitrogens with zero attached hydrogens (tertiary/aromatic N) is 1. The first kappa shape index (κ1) is 19.7. The van der Waals surface area contributed by atoms with Crippen LogP contribution in [0.15, 0.2) is 23.1 Å². The molecule has 0 aromatic heterocycles. The van der Waals surface area contributed by atoms with Crippen LogP contribution in [0, 0.1) is 0 Å². The van der Waals surface area contributed by atoms with E-state index in [1.807, 2.05) is 20.0 Å². The molecule has 2 amide bonds. The van der Waals surface area contributed by atoms with Crippen LogP contribution < -0.4 is 10.6 Å². The van der Waals surface area contributed by atoms with Crippen molar-refractivity contribution in [2.24, 2.45) is 0 Å². The highest BCUT2D eigenvalue weighted by Crippen LogP contribution is 2.36. The second-order valence-corrected chi connectivity index (χ2v) is 8.40. The zero-order valence-electron chi connectivity index (χ0n) is 15.8. The summed E-state index contributed by atoms with van der Waals surface area (Å²) < 4.78 is 5.24. The Kier molecular flexibility index (Phi) is 5.76. The summed E-state index contributed by atoms with van der Waals surface area (Å²) in [5.41, 5.74) is 0.0262. The van der Waals surface area contributed by atoms with Crippen molar-refractivity contribution in [1.29, 1.82) is 0 Å². The van der Waals surface area contributed by atoms with E-state index in [4.69, 9.17) is 4.74 Å². The monoisotopic (exact) mass is 391 g/mol. The van der Waals surface area contributed by atoms with E-state index in [1.54, 1.807) is 19.1 Å². The molecule has 1 aromatic carbocycles. The molecule has 1 aromatic rings. The maximum atomic E-state index is 12.9. The standard InChI is InChI=1S/C19H25N3O4S/c1-4-26-18(25)19(7-9-22(3)10-8-19)21-17(24)13-5-6-15-14(11-13)20-16(23)12(2)27-15/h5-6,11-12H,4,7-10H2,1-3H3,(H,20,23)(H,21,24). The first-order valence-electron chi connectivity index (χ1n) is 9.14. The smallest absolute Gasteiger partial charge is 0.331 e. The Morgan fingerprint density at radius 2 is 2.07 bits per heavy atom. The molecule has 2 N–H and O–H groups in total. The lowest BCUT2D eigenvalue weighted by Crippen LogP contribution is -2.60. The molecule has 1 unspecified atom stereocenters. The highest BCUT2D eigenvalue weighted by atomic mass is 32.2. The SMILES string of the molecule is CCOC(=O)C1(NC(=O)c2ccc3c(c2)NC(=O)C(C)S3)CCN(C)CC1. The summed E-state index contributed by atoms with van der Waals surface area (Å²) in [7, 11) is 1.99. The van der Waals surface area contributed by atoms with Gasteiger partial charge in [-0.2, -0.15) is 0 Å². The number of anilines is 1. The van der Waals surface area contributed by atoms with E-state index in [0.29, 0.717) is 37.2 Å². The number of carbonyl (C=O) groups excluding carboxylic acids is 3. The fourth-order valence-corrected chi connectivity index (χ4v) is 4.22. The Labute approximate surface area is 163 Å². The van der Waals surface area contributed by atoms with Gasteiger partial charge in [-0.25, -0.2) is 4.79 Å². The summed E-state index contributed by atoms with van der Waals surface area (Å²) in [6.07, 6.45) is 1.01. The lowest BCUT2D eigenvalue weighted by Gasteiger charge is -2.39. The van der Waals surface area contributed by atoms with Crippen LogP contribution in [0.1, 0.15) is 37.0 Å². The van der Waals surface area contributed by atoms with Gasteiger partial charge in [0.2, 0.25) is 5.91 Å². The third kappa shape index (κ3) is 4.11. The highest BCUT2D eigenvalue weighted by molar-refractivity contribution is 8.00. The van der Waals surface area contributed by atoms with Gasteiger partial charge in [0.1, 0.15) is 5.54 Å². The van der Waals surface area contributed by atoms with Crippen LogP contribution >= 0.6 is 11.8 Å². The normalized spacial score (nSPS) is 21.7. The molecule has 1 fully saturated rings. The molecule has 0 saturated carbocycles. The predicted octanol–water partition coefficient (Wildman–Crippen LogP) is 1.88. The third-order valence-electron chi connectivity index (χ3n) is 5.03. The molecule has 7 nitrogen and oxygen atoms in total. The first-order chi connectivity index (χ1) is 12.8. The Morgan fingerprint density at radius 3 is 2.74 bits per heavy atom. The van der Waals surface area contributed by atoms with E-state index in [2.05, 4.69) is 15.5 Å². The van der Waals surface area contributed by atoms with Gasteiger partial charge >= 0.3 is 5.97 Å². The van der Waals surface area contributed by atoms with Crippen LogP contribution in [-0.4, -0.2) is 60.2 Å². The van der Waals surface area contributed by atoms with E-state index in [-0.39, 0.29) is 29.6 Å². The number of hydrogen-bond acceptors (Lipinski definition) is 6. The zero-order valence-corrected chi connectivity index (χ0v) is 16.6. The molecule has 2 aliphatic rings. The molecule has 8 heteroatoms. The second-order valence-electron chi connectivity index (χ2n) is 7.02. The van der Waals surface area contributed by atoms with Crippen molar-refractivity contribution in [3.8, 4) is 0 Å². The minimum atomic E-state index is -1.01. The molecule has 27 heavy (non-hydrogen) atoms. The fourth-order valence-electron chi connectivity index (χ4n) is 3.29. The maximum absolute atomic E-state index is 12.9. The molecular formula is C19H25N3O4S. The average Bonchev–Trinajstić information content (AvgIpc) is 2.64. The number of piperidine rings is 1. The Bertz CT molecular complexity index is 759. The highest BCUT2D eigenvalue weighted by Gasteiger charge is 2.43. The van der Waals surface area contributed by atoms with Gasteiger partial charge in [0, 0.05) is 23.5 Å². The largest absolute Gasteiger partial charge is 0.464 e. The van der Waals surface area contributed by atoms with E-state index >= 15 is 0 Å². The minimum absolute atomic E-state index is 0.0802. The predicted molar refractivity (Wildman–Crippen MR) is 104 cm³/mol. The van der Waals surface area contributed by atoms with Crippen molar-refractivity contribution >= 4 is 35.2 Å². The summed E-state index contributed by atoms with van der Waals surface area (Å²) in [5.74, 6) is -0.807. The number of amides is 2. The molecule has 0 aliphatic carbocycles. The van der Waals surface area contributed by atoms with Crippen LogP contribution in [-0.2, 0) is 14.3 Å². The van der Waals surface area contributed by atoms with Gasteiger partial charge in [-0.15, -0.1) is 11.8 Å². The summed E-state index contributed by atoms with van der Waals surface area (Å²) in [6.45, 7) is 5.27. The number of carbonyl (C=O) groups is 3. The Balaban J connectivity index is 1.81. The number of thioether (sulfide) groups is 1. The van der Waals surface area contributed by atoms with Gasteiger partial charge in [0.15, 0.2) is 0 Å². The van der Waals surface area contributed by atoms with Crippen molar-refractivity contribution in [1.82, 2.24) is 10.2 Å². The van der Waals surface area contributed by atoms with Gasteiger partial charge < -0.3 is 20.3 Å². The van der Waals surface area contributed by atoms with Crippen molar-refractivity contribution < 1.29 is 19.1 Å². The molecule has 1 atom stereocenters. The summed E-state index contributed by atoms with van der Waals surface area (Å²) >= 11 is 1.46. The molecule has 1 saturated heterocycles. The molecule has 146 valence electrons. The van der Waals surface area contributed by atoms with Crippen LogP contribution in [0.2, 0.25) is 0 Å². The van der Waals surface area contributed by atoms with Crippen LogP contribution in [0.3, 0.4) is 0 Å². The lowest BCUT2D eigenvalue weighted by atomic mass is 9.87. The van der Waals surface area contributed by atoms with Crippen molar-refractivity contribution in [3.63, 3.8) is 0 Å². The third-order valence-corrected chi connectivity index (χ3v) is 6.21. The van der Waals surface area contributed by atoms with Crippen molar-refractivity contribution in [2.45, 2.75) is 42.4 Å². The number of ether oxygens (including phenoxy) is 1. The number of likely N-dealkylation sites (tertiary alicyclic amines) is 1. The van der Waals surface area contributed by atoms with Crippen LogP contribution in [0.5, 0.6) is 0 Å². The van der Waals surface area contributed by atoms with Crippen molar-refractivity contribution in [3.05, 3.63) is 23.8 Å². The summed E-state index contributed by atoms with van der Waals surface area (Å²) in [5, 5.41) is 5.59. The molecule has 2 heterocycles. The van der Waals surface area contributed by atoms with E-state index in [1.165, 1.54) is 11.8 Å². The van der Waals surface area contributed by atoms with Gasteiger partial charge in [0.05, 0.1) is 17.5 Å². The topological polar surface area (TPSA) is 87.7 Å². The molecular weight excluding hydrogens is 366 g/mol. The maximum Gasteiger partial charge on any atom is 0.331 e. The summed E-state index contributed by atoms with van der Waals surface area (Å²) in [4.78, 5) is 40.4. The number of benzene rings is 1. The van der Waals surface area contributed by atoms with Gasteiger partial charge in [-0.05, 0) is 51.9 Å². The second kappa shape index (κ2) is 7.90. The Hall–Kier alpha value is -2.06. The van der Waals surface area contributed by atoms with E-state index in [0.717, 1.165) is 4.90 Å². The number of esters is 1. The number of hydrogen-bond donors (Lipinski definition) is 2. The molecule has 0 radical (unpaired) electrons. The van der Waals surface area contributed by atoms with E-state index in [9.17, 15) is 14.4 Å². The fraction of sp³-hybridized carbons (Fsp3) is 0.526. The molecule has 0 bridgehead atoms. The minimum Gasteiger partial charge on any atom is -0.464 e. The first-order valence-corrected chi connectivity index (χ1v) is 10.0. The van der Waals surface area contributed by atoms with Crippen LogP contribution in [0.4, 0.5) is 5.69 Å². The number of rotatable bonds is 4. The Morgan fingerprint density at radius 1 is 1.37 bits per heavy atom. The van der Waals surface area contributed by atoms with E-state index < -0.39 is 5.54 Å². The van der Waals surface area contributed by atoms with Crippen molar-refractivity contribution in [2.75, 3.05) is 32.1 Å². The zero-order chi connectivity index (χ0) is 19.6. The molecule has 0 spiro atoms. The summed E-state index contributed by atoms with van der Waals surface area (Å²) in [6, 6.07) is 5.21. The lowest BCUT2D eigenvalue weighted by molar-refractivity contribution is -0.152. The van der Waals surface area contributed by atoms with Gasteiger partial charge in [-0.1, -0.05) is 0 Å². The van der Waals surface area contributed by atoms with Gasteiger partial charge in [0.25, 0.3) is 5.91 Å². The van der Waals surface area contributed by atoms with Gasteiger partial charge in [-0.3, -0.25) is 9.59 Å². The van der Waals surface area contributed by atoms with Crippen LogP contribution in [0.25, 0.3) is 0 Å². The average molecular weight is 391 g/mol. The number of nitrogens with one attached hydrogen (secondary N) is 2. The number of fused-ring (bicyclic) bond motifs is 1.